The first-order chi connectivity index (χ1) is 13.1. The SMILES string of the molecule is C=C1NC(=O)CCC1n1c(=O)n(C)c2c(CCC3CNCCO3)cccc21. The molecule has 0 saturated carbocycles. The summed E-state index contributed by atoms with van der Waals surface area (Å²) in [5.41, 5.74) is 3.51. The first-order valence-corrected chi connectivity index (χ1v) is 9.56. The average molecular weight is 370 g/mol. The zero-order valence-electron chi connectivity index (χ0n) is 15.7. The standard InChI is InChI=1S/C20H26N4O3/c1-13-16(8-9-18(25)22-13)24-17-5-3-4-14(19(17)23(2)20(24)26)6-7-15-12-21-10-11-27-15/h3-5,15-16,21H,1,6-12H2,2H3,(H,22,25). The van der Waals surface area contributed by atoms with Crippen LogP contribution in [-0.2, 0) is 23.0 Å². The van der Waals surface area contributed by atoms with E-state index in [1.807, 2.05) is 19.2 Å². The molecule has 2 aromatic rings. The van der Waals surface area contributed by atoms with Gasteiger partial charge in [0.05, 0.1) is 29.8 Å². The maximum Gasteiger partial charge on any atom is 0.329 e. The van der Waals surface area contributed by atoms with Crippen LogP contribution in [0.15, 0.2) is 35.3 Å². The number of nitrogens with one attached hydrogen (secondary N) is 2. The quantitative estimate of drug-likeness (QED) is 0.849. The zero-order valence-corrected chi connectivity index (χ0v) is 15.7. The van der Waals surface area contributed by atoms with E-state index in [0.717, 1.165) is 49.1 Å². The van der Waals surface area contributed by atoms with Crippen molar-refractivity contribution in [2.45, 2.75) is 37.8 Å². The summed E-state index contributed by atoms with van der Waals surface area (Å²) in [6.45, 7) is 6.50. The van der Waals surface area contributed by atoms with Gasteiger partial charge in [-0.3, -0.25) is 13.9 Å². The van der Waals surface area contributed by atoms with Crippen LogP contribution in [0.5, 0.6) is 0 Å². The third-order valence-electron chi connectivity index (χ3n) is 5.59. The van der Waals surface area contributed by atoms with E-state index in [2.05, 4.69) is 23.3 Å². The predicted molar refractivity (Wildman–Crippen MR) is 104 cm³/mol. The number of allylic oxidation sites excluding steroid dienone is 1. The Morgan fingerprint density at radius 3 is 2.93 bits per heavy atom. The Bertz CT molecular complexity index is 937. The van der Waals surface area contributed by atoms with Gasteiger partial charge in [0.1, 0.15) is 0 Å². The summed E-state index contributed by atoms with van der Waals surface area (Å²) in [6, 6.07) is 5.85. The normalized spacial score (nSPS) is 23.6. The highest BCUT2D eigenvalue weighted by Gasteiger charge is 2.27. The number of carbonyl (C=O) groups is 1. The highest BCUT2D eigenvalue weighted by atomic mass is 16.5. The molecule has 0 radical (unpaired) electrons. The van der Waals surface area contributed by atoms with Gasteiger partial charge in [-0.2, -0.15) is 0 Å². The van der Waals surface area contributed by atoms with Crippen LogP contribution in [-0.4, -0.2) is 40.8 Å². The molecule has 2 N–H and O–H groups in total. The highest BCUT2D eigenvalue weighted by Crippen LogP contribution is 2.29. The van der Waals surface area contributed by atoms with Crippen molar-refractivity contribution in [3.63, 3.8) is 0 Å². The molecule has 7 nitrogen and oxygen atoms in total. The number of morpholine rings is 1. The molecule has 1 amide bonds. The van der Waals surface area contributed by atoms with Crippen molar-refractivity contribution in [1.29, 1.82) is 0 Å². The molecule has 144 valence electrons. The van der Waals surface area contributed by atoms with Crippen LogP contribution in [0.2, 0.25) is 0 Å². The number of aryl methyl sites for hydroxylation is 2. The number of nitrogens with zero attached hydrogens (tertiary/aromatic N) is 2. The summed E-state index contributed by atoms with van der Waals surface area (Å²) in [4.78, 5) is 24.6. The number of piperidine rings is 1. The van der Waals surface area contributed by atoms with Crippen molar-refractivity contribution in [1.82, 2.24) is 19.8 Å². The van der Waals surface area contributed by atoms with Crippen LogP contribution in [0.4, 0.5) is 0 Å². The lowest BCUT2D eigenvalue weighted by Gasteiger charge is -2.26. The number of hydrogen-bond acceptors (Lipinski definition) is 4. The molecule has 0 aliphatic carbocycles. The fourth-order valence-electron chi connectivity index (χ4n) is 4.20. The lowest BCUT2D eigenvalue weighted by Crippen LogP contribution is -2.38. The van der Waals surface area contributed by atoms with E-state index >= 15 is 0 Å². The van der Waals surface area contributed by atoms with Crippen molar-refractivity contribution in [2.24, 2.45) is 7.05 Å². The number of hydrogen-bond donors (Lipinski definition) is 2. The molecule has 7 heteroatoms. The third-order valence-corrected chi connectivity index (χ3v) is 5.59. The smallest absolute Gasteiger partial charge is 0.329 e. The molecule has 0 bridgehead atoms. The van der Waals surface area contributed by atoms with Crippen molar-refractivity contribution in [3.05, 3.63) is 46.5 Å². The minimum Gasteiger partial charge on any atom is -0.376 e. The fourth-order valence-corrected chi connectivity index (χ4v) is 4.20. The van der Waals surface area contributed by atoms with E-state index in [-0.39, 0.29) is 23.7 Å². The second kappa shape index (κ2) is 7.32. The molecule has 27 heavy (non-hydrogen) atoms. The van der Waals surface area contributed by atoms with E-state index in [9.17, 15) is 9.59 Å². The second-order valence-corrected chi connectivity index (χ2v) is 7.36. The van der Waals surface area contributed by atoms with Gasteiger partial charge in [-0.1, -0.05) is 18.7 Å². The van der Waals surface area contributed by atoms with Gasteiger partial charge in [-0.25, -0.2) is 4.79 Å². The molecule has 3 heterocycles. The number of benzene rings is 1. The summed E-state index contributed by atoms with van der Waals surface area (Å²) in [5, 5.41) is 6.14. The molecule has 1 aromatic carbocycles. The van der Waals surface area contributed by atoms with Crippen molar-refractivity contribution in [3.8, 4) is 0 Å². The maximum absolute atomic E-state index is 13.0. The Kier molecular flexibility index (Phi) is 4.88. The topological polar surface area (TPSA) is 77.3 Å². The third kappa shape index (κ3) is 3.33. The van der Waals surface area contributed by atoms with Crippen molar-refractivity contribution in [2.75, 3.05) is 19.7 Å². The Labute approximate surface area is 158 Å². The highest BCUT2D eigenvalue weighted by molar-refractivity contribution is 5.81. The molecule has 2 unspecified atom stereocenters. The van der Waals surface area contributed by atoms with Crippen LogP contribution in [0.1, 0.15) is 30.9 Å². The van der Waals surface area contributed by atoms with Gasteiger partial charge in [-0.05, 0) is 30.9 Å². The number of carbonyl (C=O) groups excluding carboxylic acids is 1. The average Bonchev–Trinajstić information content (AvgIpc) is 2.93. The second-order valence-electron chi connectivity index (χ2n) is 7.36. The molecular formula is C20H26N4O3. The van der Waals surface area contributed by atoms with Crippen LogP contribution < -0.4 is 16.3 Å². The first-order valence-electron chi connectivity index (χ1n) is 9.56. The predicted octanol–water partition coefficient (Wildman–Crippen LogP) is 1.23. The van der Waals surface area contributed by atoms with Gasteiger partial charge >= 0.3 is 5.69 Å². The maximum atomic E-state index is 13.0. The van der Waals surface area contributed by atoms with Gasteiger partial charge < -0.3 is 15.4 Å². The number of aromatic nitrogens is 2. The van der Waals surface area contributed by atoms with E-state index in [4.69, 9.17) is 4.74 Å². The van der Waals surface area contributed by atoms with Crippen molar-refractivity contribution >= 4 is 16.9 Å². The molecule has 2 aliphatic rings. The van der Waals surface area contributed by atoms with Crippen LogP contribution >= 0.6 is 0 Å². The van der Waals surface area contributed by atoms with E-state index in [1.54, 1.807) is 9.13 Å². The molecule has 2 aliphatic heterocycles. The lowest BCUT2D eigenvalue weighted by atomic mass is 10.0. The minimum absolute atomic E-state index is 0.0358. The van der Waals surface area contributed by atoms with Gasteiger partial charge in [0.25, 0.3) is 0 Å². The molecule has 2 atom stereocenters. The summed E-state index contributed by atoms with van der Waals surface area (Å²) < 4.78 is 9.30. The molecular weight excluding hydrogens is 344 g/mol. The summed E-state index contributed by atoms with van der Waals surface area (Å²) in [7, 11) is 1.81. The summed E-state index contributed by atoms with van der Waals surface area (Å²) in [6.07, 6.45) is 2.97. The number of fused-ring (bicyclic) bond motifs is 1. The number of ether oxygens (including phenoxy) is 1. The fraction of sp³-hybridized carbons (Fsp3) is 0.500. The minimum atomic E-state index is -0.208. The first kappa shape index (κ1) is 18.0. The number of rotatable bonds is 4. The number of amides is 1. The Morgan fingerprint density at radius 2 is 2.19 bits per heavy atom. The van der Waals surface area contributed by atoms with Gasteiger partial charge in [-0.15, -0.1) is 0 Å². The van der Waals surface area contributed by atoms with Crippen LogP contribution in [0, 0.1) is 0 Å². The van der Waals surface area contributed by atoms with Gasteiger partial charge in [0.15, 0.2) is 0 Å². The molecule has 0 spiro atoms. The summed E-state index contributed by atoms with van der Waals surface area (Å²) in [5.74, 6) is -0.0358. The summed E-state index contributed by atoms with van der Waals surface area (Å²) >= 11 is 0. The van der Waals surface area contributed by atoms with Crippen molar-refractivity contribution < 1.29 is 9.53 Å². The van der Waals surface area contributed by atoms with Crippen LogP contribution in [0.25, 0.3) is 11.0 Å². The van der Waals surface area contributed by atoms with Gasteiger partial charge in [0, 0.05) is 32.3 Å². The lowest BCUT2D eigenvalue weighted by molar-refractivity contribution is -0.121. The van der Waals surface area contributed by atoms with Crippen LogP contribution in [0.3, 0.4) is 0 Å². The molecule has 1 aromatic heterocycles. The van der Waals surface area contributed by atoms with E-state index in [1.165, 1.54) is 0 Å². The Balaban J connectivity index is 1.68. The van der Waals surface area contributed by atoms with E-state index in [0.29, 0.717) is 18.5 Å². The van der Waals surface area contributed by atoms with Gasteiger partial charge in [0.2, 0.25) is 5.91 Å². The number of para-hydroxylation sites is 1. The molecule has 2 fully saturated rings. The zero-order chi connectivity index (χ0) is 19.0. The Hall–Kier alpha value is -2.38. The molecule has 2 saturated heterocycles. The Morgan fingerprint density at radius 1 is 1.33 bits per heavy atom. The molecule has 4 rings (SSSR count). The monoisotopic (exact) mass is 370 g/mol. The number of imidazole rings is 1. The van der Waals surface area contributed by atoms with E-state index < -0.39 is 0 Å². The largest absolute Gasteiger partial charge is 0.376 e.